The number of carboxylic acid groups (broad SMARTS) is 1. The molecule has 0 unspecified atom stereocenters. The van der Waals surface area contributed by atoms with E-state index in [1.165, 1.54) is 0 Å². The lowest BCUT2D eigenvalue weighted by atomic mass is 10.1. The van der Waals surface area contributed by atoms with E-state index in [0.29, 0.717) is 11.7 Å². The van der Waals surface area contributed by atoms with Crippen LogP contribution in [0.1, 0.15) is 29.4 Å². The Morgan fingerprint density at radius 2 is 2.10 bits per heavy atom. The fraction of sp³-hybridized carbons (Fsp3) is 0.267. The summed E-state index contributed by atoms with van der Waals surface area (Å²) in [7, 11) is 1.62. The predicted molar refractivity (Wildman–Crippen MR) is 79.4 cm³/mol. The number of carbonyl (C=O) groups is 1. The van der Waals surface area contributed by atoms with Crippen molar-refractivity contribution in [1.82, 2.24) is 4.57 Å². The molecule has 0 atom stereocenters. The first-order chi connectivity index (χ1) is 9.61. The van der Waals surface area contributed by atoms with Crippen LogP contribution in [0.5, 0.6) is 5.75 Å². The van der Waals surface area contributed by atoms with E-state index in [1.807, 2.05) is 28.8 Å². The summed E-state index contributed by atoms with van der Waals surface area (Å²) in [6, 6.07) is 9.53. The van der Waals surface area contributed by atoms with Crippen LogP contribution in [0.2, 0.25) is 0 Å². The molecule has 1 heterocycles. The number of hydrogen-bond donors (Lipinski definition) is 1. The number of aromatic carboxylic acids is 1. The summed E-state index contributed by atoms with van der Waals surface area (Å²) in [5.74, 6) is -0.134. The number of nitrogens with zero attached hydrogens (tertiary/aromatic N) is 1. The van der Waals surface area contributed by atoms with Gasteiger partial charge in [-0.05, 0) is 43.2 Å². The SMILES string of the molecule is COc1ccc(Br)c(-c2ccc(C(=O)O)n2C2CC2)c1. The molecule has 20 heavy (non-hydrogen) atoms. The van der Waals surface area contributed by atoms with Crippen molar-refractivity contribution in [1.29, 1.82) is 0 Å². The Labute approximate surface area is 125 Å². The number of rotatable bonds is 4. The Morgan fingerprint density at radius 3 is 2.70 bits per heavy atom. The third-order valence-corrected chi connectivity index (χ3v) is 4.19. The van der Waals surface area contributed by atoms with E-state index in [4.69, 9.17) is 4.74 Å². The highest BCUT2D eigenvalue weighted by atomic mass is 79.9. The zero-order valence-electron chi connectivity index (χ0n) is 11.0. The molecule has 0 aliphatic heterocycles. The second-order valence-electron chi connectivity index (χ2n) is 4.86. The number of methoxy groups -OCH3 is 1. The van der Waals surface area contributed by atoms with Crippen LogP contribution in [-0.4, -0.2) is 22.8 Å². The van der Waals surface area contributed by atoms with Crippen molar-refractivity contribution in [2.45, 2.75) is 18.9 Å². The second kappa shape index (κ2) is 4.98. The molecule has 0 saturated heterocycles. The zero-order chi connectivity index (χ0) is 14.3. The summed E-state index contributed by atoms with van der Waals surface area (Å²) in [6.45, 7) is 0. The van der Waals surface area contributed by atoms with Crippen LogP contribution in [-0.2, 0) is 0 Å². The minimum Gasteiger partial charge on any atom is -0.497 e. The van der Waals surface area contributed by atoms with E-state index in [9.17, 15) is 9.90 Å². The van der Waals surface area contributed by atoms with Gasteiger partial charge in [-0.25, -0.2) is 4.79 Å². The Balaban J connectivity index is 2.17. The quantitative estimate of drug-likeness (QED) is 0.919. The molecule has 3 rings (SSSR count). The lowest BCUT2D eigenvalue weighted by Crippen LogP contribution is -2.08. The lowest BCUT2D eigenvalue weighted by molar-refractivity contribution is 0.0685. The Kier molecular flexibility index (Phi) is 3.30. The molecule has 0 amide bonds. The van der Waals surface area contributed by atoms with Crippen molar-refractivity contribution < 1.29 is 14.6 Å². The van der Waals surface area contributed by atoms with Gasteiger partial charge in [0.1, 0.15) is 11.4 Å². The van der Waals surface area contributed by atoms with Crippen LogP contribution < -0.4 is 4.74 Å². The van der Waals surface area contributed by atoms with E-state index < -0.39 is 5.97 Å². The Bertz CT molecular complexity index is 674. The molecule has 1 fully saturated rings. The molecular formula is C15H14BrNO3. The van der Waals surface area contributed by atoms with E-state index in [0.717, 1.165) is 34.3 Å². The third kappa shape index (κ3) is 2.22. The molecular weight excluding hydrogens is 322 g/mol. The van der Waals surface area contributed by atoms with Crippen molar-refractivity contribution in [3.05, 3.63) is 40.5 Å². The van der Waals surface area contributed by atoms with Gasteiger partial charge in [0, 0.05) is 16.1 Å². The second-order valence-corrected chi connectivity index (χ2v) is 5.71. The molecule has 0 radical (unpaired) electrons. The van der Waals surface area contributed by atoms with Crippen LogP contribution in [0, 0.1) is 0 Å². The van der Waals surface area contributed by atoms with Gasteiger partial charge in [0.15, 0.2) is 0 Å². The zero-order valence-corrected chi connectivity index (χ0v) is 12.6. The van der Waals surface area contributed by atoms with Crippen molar-refractivity contribution >= 4 is 21.9 Å². The lowest BCUT2D eigenvalue weighted by Gasteiger charge is -2.13. The van der Waals surface area contributed by atoms with E-state index in [2.05, 4.69) is 15.9 Å². The topological polar surface area (TPSA) is 51.5 Å². The van der Waals surface area contributed by atoms with Crippen molar-refractivity contribution in [3.8, 4) is 17.0 Å². The van der Waals surface area contributed by atoms with Gasteiger partial charge >= 0.3 is 5.97 Å². The molecule has 1 aromatic carbocycles. The van der Waals surface area contributed by atoms with Crippen molar-refractivity contribution in [3.63, 3.8) is 0 Å². The normalized spacial score (nSPS) is 14.3. The smallest absolute Gasteiger partial charge is 0.352 e. The minimum atomic E-state index is -0.887. The maximum Gasteiger partial charge on any atom is 0.352 e. The molecule has 0 spiro atoms. The number of benzene rings is 1. The minimum absolute atomic E-state index is 0.296. The highest BCUT2D eigenvalue weighted by molar-refractivity contribution is 9.10. The largest absolute Gasteiger partial charge is 0.497 e. The maximum absolute atomic E-state index is 11.3. The standard InChI is InChI=1S/C15H14BrNO3/c1-20-10-4-5-12(16)11(8-10)13-6-7-14(15(18)19)17(13)9-2-3-9/h4-9H,2-3H2,1H3,(H,18,19). The third-order valence-electron chi connectivity index (χ3n) is 3.50. The van der Waals surface area contributed by atoms with E-state index >= 15 is 0 Å². The summed E-state index contributed by atoms with van der Waals surface area (Å²) in [5, 5.41) is 9.32. The number of ether oxygens (including phenoxy) is 1. The maximum atomic E-state index is 11.3. The molecule has 1 saturated carbocycles. The van der Waals surface area contributed by atoms with Gasteiger partial charge in [0.05, 0.1) is 12.8 Å². The first-order valence-corrected chi connectivity index (χ1v) is 7.19. The fourth-order valence-electron chi connectivity index (χ4n) is 2.40. The number of carboxylic acids is 1. The Hall–Kier alpha value is -1.75. The summed E-state index contributed by atoms with van der Waals surface area (Å²) in [4.78, 5) is 11.3. The van der Waals surface area contributed by atoms with E-state index in [1.54, 1.807) is 13.2 Å². The molecule has 104 valence electrons. The fourth-order valence-corrected chi connectivity index (χ4v) is 2.85. The first kappa shape index (κ1) is 13.2. The highest BCUT2D eigenvalue weighted by Gasteiger charge is 2.30. The molecule has 1 N–H and O–H groups in total. The van der Waals surface area contributed by atoms with Crippen LogP contribution in [0.15, 0.2) is 34.8 Å². The molecule has 2 aromatic rings. The molecule has 5 heteroatoms. The molecule has 4 nitrogen and oxygen atoms in total. The van der Waals surface area contributed by atoms with Gasteiger partial charge in [-0.1, -0.05) is 15.9 Å². The van der Waals surface area contributed by atoms with Gasteiger partial charge in [-0.2, -0.15) is 0 Å². The van der Waals surface area contributed by atoms with Gasteiger partial charge in [0.2, 0.25) is 0 Å². The first-order valence-electron chi connectivity index (χ1n) is 6.40. The number of hydrogen-bond acceptors (Lipinski definition) is 2. The van der Waals surface area contributed by atoms with Crippen LogP contribution in [0.4, 0.5) is 0 Å². The summed E-state index contributed by atoms with van der Waals surface area (Å²) >= 11 is 3.53. The van der Waals surface area contributed by atoms with Crippen LogP contribution >= 0.6 is 15.9 Å². The van der Waals surface area contributed by atoms with Gasteiger partial charge in [-0.15, -0.1) is 0 Å². The Morgan fingerprint density at radius 1 is 1.35 bits per heavy atom. The van der Waals surface area contributed by atoms with Gasteiger partial charge in [0.25, 0.3) is 0 Å². The van der Waals surface area contributed by atoms with Gasteiger partial charge in [-0.3, -0.25) is 0 Å². The van der Waals surface area contributed by atoms with Crippen molar-refractivity contribution in [2.24, 2.45) is 0 Å². The van der Waals surface area contributed by atoms with Crippen LogP contribution in [0.25, 0.3) is 11.3 Å². The summed E-state index contributed by atoms with van der Waals surface area (Å²) < 4.78 is 8.10. The highest BCUT2D eigenvalue weighted by Crippen LogP contribution is 2.42. The van der Waals surface area contributed by atoms with E-state index in [-0.39, 0.29) is 0 Å². The summed E-state index contributed by atoms with van der Waals surface area (Å²) in [6.07, 6.45) is 2.06. The number of halogens is 1. The molecule has 1 aliphatic carbocycles. The van der Waals surface area contributed by atoms with Crippen molar-refractivity contribution in [2.75, 3.05) is 7.11 Å². The average molecular weight is 336 g/mol. The van der Waals surface area contributed by atoms with Crippen LogP contribution in [0.3, 0.4) is 0 Å². The molecule has 0 bridgehead atoms. The monoisotopic (exact) mass is 335 g/mol. The van der Waals surface area contributed by atoms with Gasteiger partial charge < -0.3 is 14.4 Å². The molecule has 1 aromatic heterocycles. The average Bonchev–Trinajstić information content (AvgIpc) is 3.18. The predicted octanol–water partition coefficient (Wildman–Crippen LogP) is 3.96. The summed E-state index contributed by atoms with van der Waals surface area (Å²) in [5.41, 5.74) is 2.21. The molecule has 1 aliphatic rings. The number of aromatic nitrogens is 1.